The Labute approximate surface area is 121 Å². The minimum atomic E-state index is -0.406. The van der Waals surface area contributed by atoms with Crippen molar-refractivity contribution in [2.75, 3.05) is 5.75 Å². The summed E-state index contributed by atoms with van der Waals surface area (Å²) in [4.78, 5) is 5.25. The third-order valence-electron chi connectivity index (χ3n) is 3.49. The lowest BCUT2D eigenvalue weighted by Gasteiger charge is -2.19. The van der Waals surface area contributed by atoms with Crippen LogP contribution in [0.25, 0.3) is 0 Å². The highest BCUT2D eigenvalue weighted by atomic mass is 35.5. The third kappa shape index (κ3) is 2.64. The Hall–Kier alpha value is -1.03. The lowest BCUT2D eigenvalue weighted by atomic mass is 9.91. The SMILES string of the molecule is OC(Cc1ccncc1Cl)C1CSc2ccccc21. The molecule has 1 aliphatic heterocycles. The third-order valence-corrected chi connectivity index (χ3v) is 5.04. The van der Waals surface area contributed by atoms with Crippen molar-refractivity contribution < 1.29 is 5.11 Å². The molecule has 19 heavy (non-hydrogen) atoms. The second-order valence-corrected chi connectivity index (χ2v) is 6.16. The van der Waals surface area contributed by atoms with Crippen molar-refractivity contribution in [1.82, 2.24) is 4.98 Å². The van der Waals surface area contributed by atoms with Gasteiger partial charge < -0.3 is 5.11 Å². The van der Waals surface area contributed by atoms with Crippen molar-refractivity contribution in [3.63, 3.8) is 0 Å². The first-order valence-corrected chi connectivity index (χ1v) is 7.60. The van der Waals surface area contributed by atoms with E-state index in [1.54, 1.807) is 12.4 Å². The molecule has 1 aliphatic rings. The van der Waals surface area contributed by atoms with Gasteiger partial charge in [-0.2, -0.15) is 0 Å². The van der Waals surface area contributed by atoms with Gasteiger partial charge in [-0.25, -0.2) is 0 Å². The van der Waals surface area contributed by atoms with Crippen LogP contribution in [0.2, 0.25) is 5.02 Å². The number of aliphatic hydroxyl groups excluding tert-OH is 1. The molecule has 2 unspecified atom stereocenters. The number of thioether (sulfide) groups is 1. The number of rotatable bonds is 3. The first-order valence-electron chi connectivity index (χ1n) is 6.24. The quantitative estimate of drug-likeness (QED) is 0.939. The predicted octanol–water partition coefficient (Wildman–Crippen LogP) is 3.53. The maximum Gasteiger partial charge on any atom is 0.0658 e. The van der Waals surface area contributed by atoms with E-state index in [9.17, 15) is 5.11 Å². The summed E-state index contributed by atoms with van der Waals surface area (Å²) in [6.07, 6.45) is 3.50. The molecule has 1 aromatic heterocycles. The monoisotopic (exact) mass is 291 g/mol. The van der Waals surface area contributed by atoms with E-state index in [0.717, 1.165) is 11.3 Å². The van der Waals surface area contributed by atoms with E-state index in [1.165, 1.54) is 10.5 Å². The van der Waals surface area contributed by atoms with Gasteiger partial charge in [0.1, 0.15) is 0 Å². The van der Waals surface area contributed by atoms with Crippen molar-refractivity contribution in [3.05, 3.63) is 58.9 Å². The van der Waals surface area contributed by atoms with Gasteiger partial charge in [-0.05, 0) is 23.3 Å². The van der Waals surface area contributed by atoms with Gasteiger partial charge in [0.05, 0.1) is 11.1 Å². The molecular formula is C15H14ClNOS. The highest BCUT2D eigenvalue weighted by molar-refractivity contribution is 7.99. The van der Waals surface area contributed by atoms with Gasteiger partial charge >= 0.3 is 0 Å². The molecule has 1 aromatic carbocycles. The highest BCUT2D eigenvalue weighted by Gasteiger charge is 2.29. The van der Waals surface area contributed by atoms with Gasteiger partial charge in [0.2, 0.25) is 0 Å². The van der Waals surface area contributed by atoms with E-state index in [4.69, 9.17) is 11.6 Å². The second-order valence-electron chi connectivity index (χ2n) is 4.69. The molecule has 0 amide bonds. The Morgan fingerprint density at radius 1 is 1.37 bits per heavy atom. The molecule has 2 atom stereocenters. The van der Waals surface area contributed by atoms with Crippen molar-refractivity contribution in [3.8, 4) is 0 Å². The molecule has 98 valence electrons. The van der Waals surface area contributed by atoms with Crippen LogP contribution in [-0.2, 0) is 6.42 Å². The molecule has 4 heteroatoms. The average Bonchev–Trinajstić information content (AvgIpc) is 2.85. The Kier molecular flexibility index (Phi) is 3.78. The van der Waals surface area contributed by atoms with Gasteiger partial charge in [-0.3, -0.25) is 4.98 Å². The van der Waals surface area contributed by atoms with Crippen molar-refractivity contribution in [2.45, 2.75) is 23.3 Å². The summed E-state index contributed by atoms with van der Waals surface area (Å²) in [6.45, 7) is 0. The lowest BCUT2D eigenvalue weighted by molar-refractivity contribution is 0.151. The zero-order chi connectivity index (χ0) is 13.2. The number of aromatic nitrogens is 1. The fraction of sp³-hybridized carbons (Fsp3) is 0.267. The molecule has 0 saturated heterocycles. The van der Waals surface area contributed by atoms with Gasteiger partial charge in [-0.1, -0.05) is 29.8 Å². The van der Waals surface area contributed by atoms with Crippen LogP contribution in [-0.4, -0.2) is 21.9 Å². The smallest absolute Gasteiger partial charge is 0.0658 e. The normalized spacial score (nSPS) is 19.2. The van der Waals surface area contributed by atoms with Crippen LogP contribution in [0, 0.1) is 0 Å². The number of halogens is 1. The van der Waals surface area contributed by atoms with E-state index in [-0.39, 0.29) is 5.92 Å². The molecule has 2 nitrogen and oxygen atoms in total. The van der Waals surface area contributed by atoms with Crippen LogP contribution in [0.3, 0.4) is 0 Å². The fourth-order valence-corrected chi connectivity index (χ4v) is 3.96. The Morgan fingerprint density at radius 2 is 2.21 bits per heavy atom. The van der Waals surface area contributed by atoms with Crippen LogP contribution in [0.1, 0.15) is 17.0 Å². The van der Waals surface area contributed by atoms with Gasteiger partial charge in [0.25, 0.3) is 0 Å². The van der Waals surface area contributed by atoms with Crippen LogP contribution < -0.4 is 0 Å². The Morgan fingerprint density at radius 3 is 3.05 bits per heavy atom. The number of pyridine rings is 1. The van der Waals surface area contributed by atoms with E-state index in [1.807, 2.05) is 30.0 Å². The summed E-state index contributed by atoms with van der Waals surface area (Å²) in [5, 5.41) is 11.1. The summed E-state index contributed by atoms with van der Waals surface area (Å²) in [5.41, 5.74) is 2.21. The molecule has 0 aliphatic carbocycles. The summed E-state index contributed by atoms with van der Waals surface area (Å²) >= 11 is 7.91. The first-order chi connectivity index (χ1) is 9.25. The molecular weight excluding hydrogens is 278 g/mol. The molecule has 0 saturated carbocycles. The second kappa shape index (κ2) is 5.53. The number of benzene rings is 1. The van der Waals surface area contributed by atoms with Crippen LogP contribution in [0.5, 0.6) is 0 Å². The fourth-order valence-electron chi connectivity index (χ4n) is 2.44. The minimum Gasteiger partial charge on any atom is -0.392 e. The van der Waals surface area contributed by atoms with Crippen molar-refractivity contribution >= 4 is 23.4 Å². The largest absolute Gasteiger partial charge is 0.392 e. The van der Waals surface area contributed by atoms with Gasteiger partial charge in [-0.15, -0.1) is 11.8 Å². The summed E-state index contributed by atoms with van der Waals surface area (Å²) < 4.78 is 0. The van der Waals surface area contributed by atoms with Crippen LogP contribution in [0.4, 0.5) is 0 Å². The Balaban J connectivity index is 1.79. The standard InChI is InChI=1S/C15H14ClNOS/c16-13-8-17-6-5-10(13)7-14(18)12-9-19-15-4-2-1-3-11(12)15/h1-6,8,12,14,18H,7,9H2. The average molecular weight is 292 g/mol. The Bertz CT molecular complexity index is 590. The summed E-state index contributed by atoms with van der Waals surface area (Å²) in [7, 11) is 0. The molecule has 0 radical (unpaired) electrons. The zero-order valence-electron chi connectivity index (χ0n) is 10.3. The van der Waals surface area contributed by atoms with Crippen molar-refractivity contribution in [1.29, 1.82) is 0 Å². The predicted molar refractivity (Wildman–Crippen MR) is 78.9 cm³/mol. The maximum atomic E-state index is 10.5. The molecule has 0 fully saturated rings. The number of nitrogens with zero attached hydrogens (tertiary/aromatic N) is 1. The molecule has 2 aromatic rings. The van der Waals surface area contributed by atoms with Gasteiger partial charge in [0, 0.05) is 35.4 Å². The van der Waals surface area contributed by atoms with E-state index in [0.29, 0.717) is 11.4 Å². The lowest BCUT2D eigenvalue weighted by Crippen LogP contribution is -2.21. The zero-order valence-corrected chi connectivity index (χ0v) is 11.9. The van der Waals surface area contributed by atoms with Gasteiger partial charge in [0.15, 0.2) is 0 Å². The van der Waals surface area contributed by atoms with Crippen LogP contribution in [0.15, 0.2) is 47.6 Å². The molecule has 2 heterocycles. The number of hydrogen-bond donors (Lipinski definition) is 1. The van der Waals surface area contributed by atoms with Crippen molar-refractivity contribution in [2.24, 2.45) is 0 Å². The number of hydrogen-bond acceptors (Lipinski definition) is 3. The summed E-state index contributed by atoms with van der Waals surface area (Å²) in [5.74, 6) is 1.12. The molecule has 0 spiro atoms. The van der Waals surface area contributed by atoms with E-state index in [2.05, 4.69) is 17.1 Å². The minimum absolute atomic E-state index is 0.186. The van der Waals surface area contributed by atoms with Crippen LogP contribution >= 0.6 is 23.4 Å². The number of aliphatic hydroxyl groups is 1. The molecule has 3 rings (SSSR count). The summed E-state index contributed by atoms with van der Waals surface area (Å²) in [6, 6.07) is 10.2. The van der Waals surface area contributed by atoms with E-state index < -0.39 is 6.10 Å². The maximum absolute atomic E-state index is 10.5. The first kappa shape index (κ1) is 13.0. The topological polar surface area (TPSA) is 33.1 Å². The van der Waals surface area contributed by atoms with E-state index >= 15 is 0 Å². The molecule has 0 bridgehead atoms. The highest BCUT2D eigenvalue weighted by Crippen LogP contribution is 2.41. The molecule has 1 N–H and O–H groups in total. The number of fused-ring (bicyclic) bond motifs is 1.